The first-order chi connectivity index (χ1) is 7.23. The van der Waals surface area contributed by atoms with Crippen LogP contribution >= 0.6 is 7.37 Å². The topological polar surface area (TPSA) is 74.6 Å². The highest BCUT2D eigenvalue weighted by Crippen LogP contribution is 2.56. The Labute approximate surface area is 97.5 Å². The van der Waals surface area contributed by atoms with Crippen molar-refractivity contribution in [1.29, 1.82) is 0 Å². The number of rotatable bonds is 8. The van der Waals surface area contributed by atoms with Crippen molar-refractivity contribution in [2.24, 2.45) is 0 Å². The predicted octanol–water partition coefficient (Wildman–Crippen LogP) is 3.09. The van der Waals surface area contributed by atoms with Crippen LogP contribution in [0.25, 0.3) is 0 Å². The van der Waals surface area contributed by atoms with E-state index in [4.69, 9.17) is 5.11 Å². The third-order valence-corrected chi connectivity index (χ3v) is 5.91. The second-order valence-electron chi connectivity index (χ2n) is 4.84. The first-order valence-corrected chi connectivity index (χ1v) is 7.61. The quantitative estimate of drug-likeness (QED) is 0.512. The summed E-state index contributed by atoms with van der Waals surface area (Å²) in [6, 6.07) is 0. The van der Waals surface area contributed by atoms with Gasteiger partial charge in [-0.2, -0.15) is 0 Å². The molecule has 0 saturated heterocycles. The van der Waals surface area contributed by atoms with Crippen LogP contribution in [0.15, 0.2) is 0 Å². The summed E-state index contributed by atoms with van der Waals surface area (Å²) >= 11 is 0. The molecule has 0 spiro atoms. The molecule has 0 saturated carbocycles. The van der Waals surface area contributed by atoms with Crippen LogP contribution in [0.3, 0.4) is 0 Å². The molecule has 0 fully saturated rings. The molecular weight excluding hydrogens is 227 g/mol. The molecule has 2 N–H and O–H groups in total. The maximum atomic E-state index is 12.0. The van der Waals surface area contributed by atoms with Gasteiger partial charge >= 0.3 is 5.97 Å². The van der Waals surface area contributed by atoms with E-state index in [1.54, 1.807) is 13.8 Å². The van der Waals surface area contributed by atoms with E-state index in [0.717, 1.165) is 19.3 Å². The van der Waals surface area contributed by atoms with E-state index in [1.165, 1.54) is 0 Å². The Kier molecular flexibility index (Phi) is 6.27. The van der Waals surface area contributed by atoms with E-state index in [9.17, 15) is 14.3 Å². The smallest absolute Gasteiger partial charge is 0.303 e. The molecule has 0 rings (SSSR count). The molecule has 0 aromatic carbocycles. The van der Waals surface area contributed by atoms with Gasteiger partial charge in [0.1, 0.15) is 0 Å². The Morgan fingerprint density at radius 3 is 2.31 bits per heavy atom. The van der Waals surface area contributed by atoms with E-state index in [0.29, 0.717) is 6.42 Å². The Hall–Kier alpha value is -0.340. The fraction of sp³-hybridized carbons (Fsp3) is 0.909. The fourth-order valence-corrected chi connectivity index (χ4v) is 3.14. The van der Waals surface area contributed by atoms with Crippen LogP contribution in [0.4, 0.5) is 0 Å². The Morgan fingerprint density at radius 2 is 1.88 bits per heavy atom. The molecule has 0 heterocycles. The summed E-state index contributed by atoms with van der Waals surface area (Å²) in [5.74, 6) is -1.02. The second-order valence-corrected chi connectivity index (χ2v) is 7.90. The van der Waals surface area contributed by atoms with Gasteiger partial charge in [-0.1, -0.05) is 40.0 Å². The Bertz CT molecular complexity index is 273. The van der Waals surface area contributed by atoms with Gasteiger partial charge in [0.25, 0.3) is 0 Å². The predicted molar refractivity (Wildman–Crippen MR) is 65.2 cm³/mol. The van der Waals surface area contributed by atoms with Gasteiger partial charge in [0.15, 0.2) is 0 Å². The van der Waals surface area contributed by atoms with Crippen LogP contribution in [0, 0.1) is 0 Å². The Morgan fingerprint density at radius 1 is 1.31 bits per heavy atom. The first kappa shape index (κ1) is 15.7. The number of carbonyl (C=O) groups is 1. The van der Waals surface area contributed by atoms with Crippen LogP contribution in [-0.2, 0) is 9.36 Å². The highest BCUT2D eigenvalue weighted by atomic mass is 31.2. The highest BCUT2D eigenvalue weighted by molar-refractivity contribution is 7.59. The minimum absolute atomic E-state index is 0.124. The third-order valence-electron chi connectivity index (χ3n) is 2.97. The van der Waals surface area contributed by atoms with Crippen LogP contribution in [-0.4, -0.2) is 27.3 Å². The largest absolute Gasteiger partial charge is 0.481 e. The number of hydrogen-bond donors (Lipinski definition) is 2. The molecule has 0 aromatic heterocycles. The molecule has 4 nitrogen and oxygen atoms in total. The van der Waals surface area contributed by atoms with Crippen molar-refractivity contribution in [3.63, 3.8) is 0 Å². The molecule has 1 unspecified atom stereocenters. The number of carboxylic acid groups (broad SMARTS) is 1. The third kappa shape index (κ3) is 5.13. The average molecular weight is 250 g/mol. The standard InChI is InChI=1S/C11H23O4P/c1-4-5-6-8-11(2,3)16(14,15)9-7-10(12)13/h4-9H2,1-3H3,(H,12,13)(H,14,15). The number of carboxylic acids is 1. The lowest BCUT2D eigenvalue weighted by atomic mass is 10.0. The minimum Gasteiger partial charge on any atom is -0.481 e. The second kappa shape index (κ2) is 6.41. The summed E-state index contributed by atoms with van der Waals surface area (Å²) in [5.41, 5.74) is 0. The summed E-state index contributed by atoms with van der Waals surface area (Å²) in [7, 11) is -3.37. The molecule has 16 heavy (non-hydrogen) atoms. The van der Waals surface area contributed by atoms with Crippen molar-refractivity contribution < 1.29 is 19.4 Å². The molecule has 1 atom stereocenters. The first-order valence-electron chi connectivity index (χ1n) is 5.76. The number of aliphatic carboxylic acids is 1. The minimum atomic E-state index is -3.37. The van der Waals surface area contributed by atoms with E-state index >= 15 is 0 Å². The van der Waals surface area contributed by atoms with Crippen molar-refractivity contribution in [3.05, 3.63) is 0 Å². The van der Waals surface area contributed by atoms with E-state index in [-0.39, 0.29) is 12.6 Å². The molecule has 0 bridgehead atoms. The van der Waals surface area contributed by atoms with Gasteiger partial charge in [-0.15, -0.1) is 0 Å². The van der Waals surface area contributed by atoms with Gasteiger partial charge in [-0.25, -0.2) is 0 Å². The van der Waals surface area contributed by atoms with Gasteiger partial charge in [0, 0.05) is 11.3 Å². The maximum absolute atomic E-state index is 12.0. The zero-order valence-corrected chi connectivity index (χ0v) is 11.3. The molecular formula is C11H23O4P. The highest BCUT2D eigenvalue weighted by Gasteiger charge is 2.38. The Balaban J connectivity index is 4.33. The van der Waals surface area contributed by atoms with E-state index in [1.807, 2.05) is 0 Å². The fourth-order valence-electron chi connectivity index (χ4n) is 1.53. The van der Waals surface area contributed by atoms with Crippen molar-refractivity contribution in [3.8, 4) is 0 Å². The molecule has 0 radical (unpaired) electrons. The molecule has 0 amide bonds. The van der Waals surface area contributed by atoms with E-state index < -0.39 is 18.5 Å². The molecule has 0 aliphatic heterocycles. The van der Waals surface area contributed by atoms with Crippen LogP contribution in [0.1, 0.15) is 52.9 Å². The monoisotopic (exact) mass is 250 g/mol. The van der Waals surface area contributed by atoms with Crippen molar-refractivity contribution in [2.45, 2.75) is 58.0 Å². The zero-order chi connectivity index (χ0) is 12.8. The zero-order valence-electron chi connectivity index (χ0n) is 10.4. The van der Waals surface area contributed by atoms with Gasteiger partial charge in [-0.3, -0.25) is 9.36 Å². The molecule has 96 valence electrons. The summed E-state index contributed by atoms with van der Waals surface area (Å²) in [4.78, 5) is 20.3. The molecule has 5 heteroatoms. The summed E-state index contributed by atoms with van der Waals surface area (Å²) in [6.07, 6.45) is 3.35. The van der Waals surface area contributed by atoms with Gasteiger partial charge < -0.3 is 10.00 Å². The van der Waals surface area contributed by atoms with Crippen LogP contribution in [0.2, 0.25) is 0 Å². The molecule has 0 aromatic rings. The number of unbranched alkanes of at least 4 members (excludes halogenated alkanes) is 2. The normalized spacial score (nSPS) is 15.8. The lowest BCUT2D eigenvalue weighted by molar-refractivity contribution is -0.136. The maximum Gasteiger partial charge on any atom is 0.303 e. The summed E-state index contributed by atoms with van der Waals surface area (Å²) in [6.45, 7) is 5.59. The average Bonchev–Trinajstić information content (AvgIpc) is 2.15. The lowest BCUT2D eigenvalue weighted by Crippen LogP contribution is -2.22. The van der Waals surface area contributed by atoms with Crippen LogP contribution in [0.5, 0.6) is 0 Å². The van der Waals surface area contributed by atoms with Crippen molar-refractivity contribution >= 4 is 13.3 Å². The van der Waals surface area contributed by atoms with Crippen molar-refractivity contribution in [1.82, 2.24) is 0 Å². The van der Waals surface area contributed by atoms with Gasteiger partial charge in [0.05, 0.1) is 6.42 Å². The van der Waals surface area contributed by atoms with Gasteiger partial charge in [0.2, 0.25) is 7.37 Å². The van der Waals surface area contributed by atoms with Crippen molar-refractivity contribution in [2.75, 3.05) is 6.16 Å². The van der Waals surface area contributed by atoms with Gasteiger partial charge in [-0.05, 0) is 6.42 Å². The summed E-state index contributed by atoms with van der Waals surface area (Å²) in [5, 5.41) is 7.86. The lowest BCUT2D eigenvalue weighted by Gasteiger charge is -2.30. The van der Waals surface area contributed by atoms with E-state index in [2.05, 4.69) is 6.92 Å². The molecule has 0 aliphatic rings. The van der Waals surface area contributed by atoms with Crippen LogP contribution < -0.4 is 0 Å². The summed E-state index contributed by atoms with van der Waals surface area (Å²) < 4.78 is 12.0. The number of hydrogen-bond acceptors (Lipinski definition) is 2. The SMILES string of the molecule is CCCCCC(C)(C)P(=O)(O)CCC(=O)O. The molecule has 0 aliphatic carbocycles.